The van der Waals surface area contributed by atoms with Crippen LogP contribution < -0.4 is 9.47 Å². The molecule has 0 radical (unpaired) electrons. The molecular formula is C20H17ClO6. The van der Waals surface area contributed by atoms with Crippen LogP contribution in [-0.4, -0.2) is 44.2 Å². The number of Topliss-reactive ketones (excluding diaryl/α,β-unsaturated/α-hetero) is 2. The smallest absolute Gasteiger partial charge is 0.320 e. The summed E-state index contributed by atoms with van der Waals surface area (Å²) in [5.41, 5.74) is -0.755. The molecule has 0 N–H and O–H groups in total. The normalized spacial score (nSPS) is 18.2. The molecule has 3 rings (SSSR count). The van der Waals surface area contributed by atoms with Crippen LogP contribution in [0.5, 0.6) is 11.5 Å². The van der Waals surface area contributed by atoms with Crippen molar-refractivity contribution in [2.45, 2.75) is 5.41 Å². The second kappa shape index (κ2) is 7.40. The number of carbonyl (C=O) groups excluding carboxylic acids is 3. The van der Waals surface area contributed by atoms with E-state index in [9.17, 15) is 14.4 Å². The minimum absolute atomic E-state index is 0.233. The van der Waals surface area contributed by atoms with Gasteiger partial charge < -0.3 is 14.2 Å². The summed E-state index contributed by atoms with van der Waals surface area (Å²) in [6.45, 7) is -0.431. The van der Waals surface area contributed by atoms with Crippen molar-refractivity contribution in [3.05, 3.63) is 59.2 Å². The van der Waals surface area contributed by atoms with E-state index < -0.39 is 29.6 Å². The molecule has 1 unspecified atom stereocenters. The zero-order chi connectivity index (χ0) is 19.6. The molecule has 2 aromatic rings. The van der Waals surface area contributed by atoms with Crippen molar-refractivity contribution in [2.75, 3.05) is 26.7 Å². The molecule has 1 aliphatic rings. The SMILES string of the molecule is COc1ccc(C2(COC(=O)CCl)C(=O)c3ccc(OC)cc3C2=O)cc1. The molecule has 7 heteroatoms. The van der Waals surface area contributed by atoms with Crippen molar-refractivity contribution < 1.29 is 28.6 Å². The first kappa shape index (κ1) is 18.9. The van der Waals surface area contributed by atoms with Gasteiger partial charge in [-0.15, -0.1) is 11.6 Å². The summed E-state index contributed by atoms with van der Waals surface area (Å²) in [6, 6.07) is 11.2. The Morgan fingerprint density at radius 1 is 0.926 bits per heavy atom. The van der Waals surface area contributed by atoms with Crippen LogP contribution in [-0.2, 0) is 14.9 Å². The van der Waals surface area contributed by atoms with E-state index in [4.69, 9.17) is 25.8 Å². The van der Waals surface area contributed by atoms with Crippen LogP contribution in [0.3, 0.4) is 0 Å². The van der Waals surface area contributed by atoms with E-state index in [0.717, 1.165) is 0 Å². The van der Waals surface area contributed by atoms with Gasteiger partial charge in [0.05, 0.1) is 14.2 Å². The van der Waals surface area contributed by atoms with Crippen molar-refractivity contribution in [3.63, 3.8) is 0 Å². The van der Waals surface area contributed by atoms with E-state index in [1.54, 1.807) is 36.4 Å². The number of alkyl halides is 1. The summed E-state index contributed by atoms with van der Waals surface area (Å²) < 4.78 is 15.4. The molecule has 1 atom stereocenters. The molecular weight excluding hydrogens is 372 g/mol. The zero-order valence-corrected chi connectivity index (χ0v) is 15.5. The highest BCUT2D eigenvalue weighted by Gasteiger charge is 2.55. The highest BCUT2D eigenvalue weighted by molar-refractivity contribution is 6.33. The van der Waals surface area contributed by atoms with Gasteiger partial charge in [-0.25, -0.2) is 0 Å². The molecule has 0 saturated heterocycles. The van der Waals surface area contributed by atoms with Gasteiger partial charge in [0.25, 0.3) is 0 Å². The molecule has 140 valence electrons. The summed E-state index contributed by atoms with van der Waals surface area (Å²) in [4.78, 5) is 38.2. The van der Waals surface area contributed by atoms with E-state index in [2.05, 4.69) is 0 Å². The topological polar surface area (TPSA) is 78.9 Å². The van der Waals surface area contributed by atoms with E-state index in [0.29, 0.717) is 17.1 Å². The molecule has 27 heavy (non-hydrogen) atoms. The van der Waals surface area contributed by atoms with E-state index >= 15 is 0 Å². The van der Waals surface area contributed by atoms with Crippen LogP contribution in [0.1, 0.15) is 26.3 Å². The third-order valence-electron chi connectivity index (χ3n) is 4.63. The number of methoxy groups -OCH3 is 2. The Labute approximate surface area is 161 Å². The maximum atomic E-state index is 13.3. The van der Waals surface area contributed by atoms with Gasteiger partial charge in [-0.3, -0.25) is 14.4 Å². The third-order valence-corrected chi connectivity index (χ3v) is 4.85. The Hall–Kier alpha value is -2.86. The van der Waals surface area contributed by atoms with Gasteiger partial charge in [0.2, 0.25) is 0 Å². The second-order valence-electron chi connectivity index (χ2n) is 6.00. The summed E-state index contributed by atoms with van der Waals surface area (Å²) in [7, 11) is 2.99. The number of ether oxygens (including phenoxy) is 3. The highest BCUT2D eigenvalue weighted by atomic mass is 35.5. The second-order valence-corrected chi connectivity index (χ2v) is 6.27. The molecule has 0 saturated carbocycles. The average molecular weight is 389 g/mol. The van der Waals surface area contributed by atoms with Crippen LogP contribution in [0.2, 0.25) is 0 Å². The fraction of sp³-hybridized carbons (Fsp3) is 0.250. The molecule has 2 aromatic carbocycles. The molecule has 0 aromatic heterocycles. The predicted molar refractivity (Wildman–Crippen MR) is 98.0 cm³/mol. The lowest BCUT2D eigenvalue weighted by Gasteiger charge is -2.26. The lowest BCUT2D eigenvalue weighted by Crippen LogP contribution is -2.43. The van der Waals surface area contributed by atoms with Crippen LogP contribution in [0.25, 0.3) is 0 Å². The number of benzene rings is 2. The molecule has 0 spiro atoms. The van der Waals surface area contributed by atoms with Crippen molar-refractivity contribution >= 4 is 29.1 Å². The van der Waals surface area contributed by atoms with Gasteiger partial charge in [0, 0.05) is 11.1 Å². The third kappa shape index (κ3) is 3.06. The Balaban J connectivity index is 2.13. The summed E-state index contributed by atoms with van der Waals surface area (Å²) >= 11 is 5.49. The molecule has 0 aliphatic heterocycles. The maximum Gasteiger partial charge on any atom is 0.320 e. The Kier molecular flexibility index (Phi) is 5.19. The fourth-order valence-corrected chi connectivity index (χ4v) is 3.26. The first-order chi connectivity index (χ1) is 13.0. The van der Waals surface area contributed by atoms with Crippen molar-refractivity contribution in [2.24, 2.45) is 0 Å². The Morgan fingerprint density at radius 3 is 2.11 bits per heavy atom. The first-order valence-corrected chi connectivity index (χ1v) is 8.65. The predicted octanol–water partition coefficient (Wildman–Crippen LogP) is 2.80. The molecule has 0 heterocycles. The van der Waals surface area contributed by atoms with E-state index in [1.165, 1.54) is 20.3 Å². The highest BCUT2D eigenvalue weighted by Crippen LogP contribution is 2.41. The Bertz CT molecular complexity index is 905. The molecule has 0 fully saturated rings. The number of esters is 1. The number of rotatable bonds is 6. The summed E-state index contributed by atoms with van der Waals surface area (Å²) in [5, 5.41) is 0. The molecule has 0 bridgehead atoms. The van der Waals surface area contributed by atoms with Crippen LogP contribution in [0.15, 0.2) is 42.5 Å². The number of hydrogen-bond donors (Lipinski definition) is 0. The van der Waals surface area contributed by atoms with Gasteiger partial charge in [0.1, 0.15) is 24.0 Å². The van der Waals surface area contributed by atoms with Crippen LogP contribution in [0, 0.1) is 0 Å². The molecule has 0 amide bonds. The van der Waals surface area contributed by atoms with Gasteiger partial charge >= 0.3 is 5.97 Å². The van der Waals surface area contributed by atoms with Crippen LogP contribution >= 0.6 is 11.6 Å². The first-order valence-electron chi connectivity index (χ1n) is 8.11. The summed E-state index contributed by atoms with van der Waals surface area (Å²) in [6.07, 6.45) is 0. The number of carbonyl (C=O) groups is 3. The van der Waals surface area contributed by atoms with Crippen LogP contribution in [0.4, 0.5) is 0 Å². The van der Waals surface area contributed by atoms with E-state index in [1.807, 2.05) is 0 Å². The quantitative estimate of drug-likeness (QED) is 0.430. The van der Waals surface area contributed by atoms with Gasteiger partial charge in [-0.1, -0.05) is 12.1 Å². The zero-order valence-electron chi connectivity index (χ0n) is 14.8. The van der Waals surface area contributed by atoms with Gasteiger partial charge in [-0.2, -0.15) is 0 Å². The lowest BCUT2D eigenvalue weighted by atomic mass is 9.76. The summed E-state index contributed by atoms with van der Waals surface area (Å²) in [5.74, 6) is -0.936. The number of ketones is 2. The molecule has 1 aliphatic carbocycles. The minimum atomic E-state index is -1.66. The minimum Gasteiger partial charge on any atom is -0.497 e. The van der Waals surface area contributed by atoms with Crippen molar-refractivity contribution in [1.82, 2.24) is 0 Å². The largest absolute Gasteiger partial charge is 0.497 e. The molecule has 6 nitrogen and oxygen atoms in total. The van der Waals surface area contributed by atoms with E-state index in [-0.39, 0.29) is 17.0 Å². The average Bonchev–Trinajstić information content (AvgIpc) is 2.93. The van der Waals surface area contributed by atoms with Gasteiger partial charge in [0.15, 0.2) is 17.0 Å². The fourth-order valence-electron chi connectivity index (χ4n) is 3.18. The van der Waals surface area contributed by atoms with Crippen molar-refractivity contribution in [3.8, 4) is 11.5 Å². The number of halogens is 1. The Morgan fingerprint density at radius 2 is 1.52 bits per heavy atom. The lowest BCUT2D eigenvalue weighted by molar-refractivity contribution is -0.141. The van der Waals surface area contributed by atoms with Crippen molar-refractivity contribution in [1.29, 1.82) is 0 Å². The number of fused-ring (bicyclic) bond motifs is 1. The van der Waals surface area contributed by atoms with Gasteiger partial charge in [-0.05, 0) is 35.9 Å². The number of hydrogen-bond acceptors (Lipinski definition) is 6. The monoisotopic (exact) mass is 388 g/mol. The maximum absolute atomic E-state index is 13.3. The standard InChI is InChI=1S/C20H17ClO6/c1-25-13-5-3-12(4-6-13)20(11-27-17(22)10-21)18(23)15-8-7-14(26-2)9-16(15)19(20)24/h3-9H,10-11H2,1-2H3.